The summed E-state index contributed by atoms with van der Waals surface area (Å²) in [6.45, 7) is 0.190. The Balaban J connectivity index is 1.43. The van der Waals surface area contributed by atoms with Crippen molar-refractivity contribution in [3.8, 4) is 11.1 Å². The fraction of sp³-hybridized carbons (Fsp3) is 0.0870. The van der Waals surface area contributed by atoms with Gasteiger partial charge in [-0.1, -0.05) is 48.5 Å². The zero-order valence-corrected chi connectivity index (χ0v) is 15.3. The zero-order valence-electron chi connectivity index (χ0n) is 15.3. The number of amides is 1. The number of carboxylic acid groups (broad SMARTS) is 1. The van der Waals surface area contributed by atoms with E-state index >= 15 is 0 Å². The van der Waals surface area contributed by atoms with Gasteiger partial charge in [0.2, 0.25) is 0 Å². The van der Waals surface area contributed by atoms with Crippen molar-refractivity contribution in [2.24, 2.45) is 0 Å². The Morgan fingerprint density at radius 2 is 1.38 bits per heavy atom. The number of nitrogens with one attached hydrogen (secondary N) is 1. The van der Waals surface area contributed by atoms with Crippen molar-refractivity contribution in [3.05, 3.63) is 89.5 Å². The van der Waals surface area contributed by atoms with Gasteiger partial charge in [-0.3, -0.25) is 10.1 Å². The number of aliphatic carboxylic acids is 1. The van der Waals surface area contributed by atoms with Gasteiger partial charge in [0.15, 0.2) is 0 Å². The highest BCUT2D eigenvalue weighted by Gasteiger charge is 2.29. The second-order valence-corrected chi connectivity index (χ2v) is 6.66. The Morgan fingerprint density at radius 1 is 0.828 bits per heavy atom. The van der Waals surface area contributed by atoms with Crippen molar-refractivity contribution in [1.29, 1.82) is 0 Å². The van der Waals surface area contributed by atoms with Crippen LogP contribution in [0, 0.1) is 0 Å². The molecule has 0 saturated heterocycles. The third-order valence-electron chi connectivity index (χ3n) is 4.93. The number of carboxylic acids is 1. The van der Waals surface area contributed by atoms with E-state index in [-0.39, 0.29) is 18.1 Å². The number of carbonyl (C=O) groups excluding carboxylic acids is 2. The average Bonchev–Trinajstić information content (AvgIpc) is 3.06. The predicted molar refractivity (Wildman–Crippen MR) is 107 cm³/mol. The van der Waals surface area contributed by atoms with E-state index in [9.17, 15) is 14.4 Å². The highest BCUT2D eigenvalue weighted by Crippen LogP contribution is 2.44. The maximum absolute atomic E-state index is 12.2. The van der Waals surface area contributed by atoms with Crippen LogP contribution in [0.2, 0.25) is 0 Å². The van der Waals surface area contributed by atoms with Crippen LogP contribution in [-0.4, -0.2) is 29.6 Å². The second-order valence-electron chi connectivity index (χ2n) is 6.66. The number of anilines is 1. The maximum Gasteiger partial charge on any atom is 0.411 e. The van der Waals surface area contributed by atoms with Gasteiger partial charge in [0.25, 0.3) is 5.78 Å². The van der Waals surface area contributed by atoms with Crippen LogP contribution in [0.25, 0.3) is 11.1 Å². The monoisotopic (exact) mass is 387 g/mol. The lowest BCUT2D eigenvalue weighted by Crippen LogP contribution is -2.18. The van der Waals surface area contributed by atoms with E-state index in [1.165, 1.54) is 24.3 Å². The zero-order chi connectivity index (χ0) is 20.4. The average molecular weight is 387 g/mol. The number of Topliss-reactive ketones (excluding diaryl/α,β-unsaturated/α-hetero) is 1. The van der Waals surface area contributed by atoms with Crippen LogP contribution in [0.15, 0.2) is 72.8 Å². The van der Waals surface area contributed by atoms with Gasteiger partial charge in [-0.05, 0) is 46.5 Å². The predicted octanol–water partition coefficient (Wildman–Crippen LogP) is 4.31. The number of rotatable bonds is 5. The molecule has 3 aromatic rings. The van der Waals surface area contributed by atoms with Crippen LogP contribution in [0.1, 0.15) is 27.4 Å². The molecule has 0 aromatic heterocycles. The normalized spacial score (nSPS) is 12.0. The standard InChI is InChI=1S/C23H17NO5/c25-21(22(26)27)14-9-11-15(12-10-14)24-23(28)29-13-20-18-7-3-1-5-16(18)17-6-2-4-8-19(17)20/h1-12,20H,13H2,(H,24,28)(H,26,27). The third kappa shape index (κ3) is 3.60. The smallest absolute Gasteiger partial charge is 0.411 e. The number of ketones is 1. The van der Waals surface area contributed by atoms with Crippen molar-refractivity contribution < 1.29 is 24.2 Å². The third-order valence-corrected chi connectivity index (χ3v) is 4.93. The van der Waals surface area contributed by atoms with Crippen molar-refractivity contribution in [1.82, 2.24) is 0 Å². The summed E-state index contributed by atoms with van der Waals surface area (Å²) in [6, 6.07) is 21.7. The number of carbonyl (C=O) groups is 3. The number of ether oxygens (including phenoxy) is 1. The van der Waals surface area contributed by atoms with Crippen LogP contribution < -0.4 is 5.32 Å². The molecule has 144 valence electrons. The van der Waals surface area contributed by atoms with E-state index in [4.69, 9.17) is 9.84 Å². The highest BCUT2D eigenvalue weighted by atomic mass is 16.5. The molecule has 0 saturated carbocycles. The summed E-state index contributed by atoms with van der Waals surface area (Å²) in [5, 5.41) is 11.3. The van der Waals surface area contributed by atoms with E-state index in [0.717, 1.165) is 22.3 Å². The summed E-state index contributed by atoms with van der Waals surface area (Å²) in [4.78, 5) is 34.4. The van der Waals surface area contributed by atoms with E-state index in [0.29, 0.717) is 5.69 Å². The van der Waals surface area contributed by atoms with Crippen LogP contribution in [0.3, 0.4) is 0 Å². The molecule has 1 aliphatic rings. The molecule has 0 aliphatic heterocycles. The van der Waals surface area contributed by atoms with Crippen molar-refractivity contribution >= 4 is 23.5 Å². The van der Waals surface area contributed by atoms with Crippen LogP contribution in [0.5, 0.6) is 0 Å². The molecule has 2 N–H and O–H groups in total. The lowest BCUT2D eigenvalue weighted by molar-refractivity contribution is -0.131. The summed E-state index contributed by atoms with van der Waals surface area (Å²) in [5.41, 5.74) is 4.99. The van der Waals surface area contributed by atoms with E-state index in [1.54, 1.807) is 0 Å². The Kier molecular flexibility index (Phi) is 4.83. The molecular weight excluding hydrogens is 370 g/mol. The Bertz CT molecular complexity index is 1060. The maximum atomic E-state index is 12.2. The number of hydrogen-bond donors (Lipinski definition) is 2. The molecular formula is C23H17NO5. The first kappa shape index (κ1) is 18.4. The first-order valence-electron chi connectivity index (χ1n) is 9.04. The number of hydrogen-bond acceptors (Lipinski definition) is 4. The van der Waals surface area contributed by atoms with Crippen LogP contribution >= 0.6 is 0 Å². The van der Waals surface area contributed by atoms with Gasteiger partial charge in [-0.25, -0.2) is 9.59 Å². The van der Waals surface area contributed by atoms with Crippen LogP contribution in [-0.2, 0) is 9.53 Å². The quantitative estimate of drug-likeness (QED) is 0.503. The molecule has 0 radical (unpaired) electrons. The fourth-order valence-corrected chi connectivity index (χ4v) is 3.58. The molecule has 0 fully saturated rings. The molecule has 0 spiro atoms. The molecule has 0 heterocycles. The molecule has 0 unspecified atom stereocenters. The van der Waals surface area contributed by atoms with E-state index < -0.39 is 17.8 Å². The number of benzene rings is 3. The lowest BCUT2D eigenvalue weighted by Gasteiger charge is -2.14. The highest BCUT2D eigenvalue weighted by molar-refractivity contribution is 6.39. The van der Waals surface area contributed by atoms with Crippen LogP contribution in [0.4, 0.5) is 10.5 Å². The van der Waals surface area contributed by atoms with E-state index in [2.05, 4.69) is 17.4 Å². The Hall–Kier alpha value is -3.93. The number of fused-ring (bicyclic) bond motifs is 3. The largest absolute Gasteiger partial charge is 0.475 e. The van der Waals surface area contributed by atoms with Gasteiger partial charge in [0, 0.05) is 17.2 Å². The van der Waals surface area contributed by atoms with Gasteiger partial charge < -0.3 is 9.84 Å². The summed E-state index contributed by atoms with van der Waals surface area (Å²) in [5.74, 6) is -2.57. The van der Waals surface area contributed by atoms with E-state index in [1.807, 2.05) is 36.4 Å². The van der Waals surface area contributed by atoms with Gasteiger partial charge in [-0.15, -0.1) is 0 Å². The topological polar surface area (TPSA) is 92.7 Å². The van der Waals surface area contributed by atoms with Gasteiger partial charge in [-0.2, -0.15) is 0 Å². The minimum atomic E-state index is -1.53. The summed E-state index contributed by atoms with van der Waals surface area (Å²) in [7, 11) is 0. The summed E-state index contributed by atoms with van der Waals surface area (Å²) in [6.07, 6.45) is -0.621. The molecule has 0 bridgehead atoms. The molecule has 1 aliphatic carbocycles. The molecule has 3 aromatic carbocycles. The summed E-state index contributed by atoms with van der Waals surface area (Å²) < 4.78 is 5.45. The second kappa shape index (κ2) is 7.59. The first-order valence-corrected chi connectivity index (χ1v) is 9.04. The molecule has 29 heavy (non-hydrogen) atoms. The minimum Gasteiger partial charge on any atom is -0.475 e. The van der Waals surface area contributed by atoms with Gasteiger partial charge in [0.05, 0.1) is 0 Å². The summed E-state index contributed by atoms with van der Waals surface area (Å²) >= 11 is 0. The Morgan fingerprint density at radius 3 is 1.93 bits per heavy atom. The fourth-order valence-electron chi connectivity index (χ4n) is 3.58. The minimum absolute atomic E-state index is 0.0376. The SMILES string of the molecule is O=C(Nc1ccc(C(=O)C(=O)O)cc1)OCC1c2ccccc2-c2ccccc21. The Labute approximate surface area is 166 Å². The lowest BCUT2D eigenvalue weighted by atomic mass is 9.98. The molecule has 6 heteroatoms. The molecule has 0 atom stereocenters. The van der Waals surface area contributed by atoms with Gasteiger partial charge in [0.1, 0.15) is 6.61 Å². The molecule has 4 rings (SSSR count). The van der Waals surface area contributed by atoms with Crippen molar-refractivity contribution in [2.75, 3.05) is 11.9 Å². The van der Waals surface area contributed by atoms with Crippen molar-refractivity contribution in [3.63, 3.8) is 0 Å². The molecule has 1 amide bonds. The first-order chi connectivity index (χ1) is 14.0. The van der Waals surface area contributed by atoms with Gasteiger partial charge >= 0.3 is 12.1 Å². The molecule has 6 nitrogen and oxygen atoms in total. The van der Waals surface area contributed by atoms with Crippen molar-refractivity contribution in [2.45, 2.75) is 5.92 Å².